The van der Waals surface area contributed by atoms with Crippen molar-refractivity contribution in [2.24, 2.45) is 5.92 Å². The zero-order valence-corrected chi connectivity index (χ0v) is 8.64. The number of piperidine rings is 1. The lowest BCUT2D eigenvalue weighted by Crippen LogP contribution is -2.46. The number of carbonyl (C=O) groups excluding carboxylic acids is 1. The average molecular weight is 187 g/mol. The number of nitrogens with zero attached hydrogens (tertiary/aromatic N) is 1. The molecule has 1 saturated heterocycles. The first kappa shape index (κ1) is 10.5. The van der Waals surface area contributed by atoms with Crippen LogP contribution in [0, 0.1) is 5.92 Å². The van der Waals surface area contributed by atoms with Crippen molar-refractivity contribution in [3.8, 4) is 0 Å². The highest BCUT2D eigenvalue weighted by Crippen LogP contribution is 2.20. The van der Waals surface area contributed by atoms with Crippen LogP contribution in [0.4, 0.5) is 4.39 Å². The van der Waals surface area contributed by atoms with Crippen LogP contribution < -0.4 is 0 Å². The van der Waals surface area contributed by atoms with Gasteiger partial charge in [0.15, 0.2) is 5.67 Å². The van der Waals surface area contributed by atoms with Crippen LogP contribution in [0.5, 0.6) is 0 Å². The third kappa shape index (κ3) is 2.68. The number of halogens is 1. The molecule has 0 radical (unpaired) electrons. The van der Waals surface area contributed by atoms with Crippen molar-refractivity contribution in [2.75, 3.05) is 13.1 Å². The van der Waals surface area contributed by atoms with E-state index in [1.165, 1.54) is 13.8 Å². The van der Waals surface area contributed by atoms with E-state index in [4.69, 9.17) is 0 Å². The highest BCUT2D eigenvalue weighted by Gasteiger charge is 2.32. The first-order chi connectivity index (χ1) is 5.91. The van der Waals surface area contributed by atoms with Crippen LogP contribution in [0.1, 0.15) is 33.6 Å². The van der Waals surface area contributed by atoms with Gasteiger partial charge < -0.3 is 4.90 Å². The summed E-state index contributed by atoms with van der Waals surface area (Å²) >= 11 is 0. The van der Waals surface area contributed by atoms with Gasteiger partial charge in [-0.05, 0) is 32.6 Å². The van der Waals surface area contributed by atoms with Gasteiger partial charge in [-0.25, -0.2) is 4.39 Å². The molecule has 3 heteroatoms. The Morgan fingerprint density at radius 3 is 2.23 bits per heavy atom. The Hall–Kier alpha value is -0.600. The summed E-state index contributed by atoms with van der Waals surface area (Å²) in [6.45, 7) is 6.25. The smallest absolute Gasteiger partial charge is 0.259 e. The minimum absolute atomic E-state index is 0.362. The van der Waals surface area contributed by atoms with Gasteiger partial charge in [-0.2, -0.15) is 0 Å². The number of likely N-dealkylation sites (tertiary alicyclic amines) is 1. The lowest BCUT2D eigenvalue weighted by molar-refractivity contribution is -0.143. The topological polar surface area (TPSA) is 20.3 Å². The van der Waals surface area contributed by atoms with E-state index in [0.29, 0.717) is 19.0 Å². The first-order valence-corrected chi connectivity index (χ1v) is 4.89. The molecule has 1 aliphatic heterocycles. The Bertz CT molecular complexity index is 190. The Morgan fingerprint density at radius 1 is 1.38 bits per heavy atom. The van der Waals surface area contributed by atoms with Gasteiger partial charge in [0, 0.05) is 13.1 Å². The zero-order chi connectivity index (χ0) is 10.1. The van der Waals surface area contributed by atoms with Crippen molar-refractivity contribution in [1.29, 1.82) is 0 Å². The second-order valence-electron chi connectivity index (χ2n) is 4.45. The second kappa shape index (κ2) is 3.64. The fraction of sp³-hybridized carbons (Fsp3) is 0.900. The fourth-order valence-corrected chi connectivity index (χ4v) is 1.59. The molecule has 1 heterocycles. The monoisotopic (exact) mass is 187 g/mol. The number of amides is 1. The predicted octanol–water partition coefficient (Wildman–Crippen LogP) is 1.99. The maximum Gasteiger partial charge on any atom is 0.259 e. The van der Waals surface area contributed by atoms with Crippen LogP contribution in [0.2, 0.25) is 0 Å². The van der Waals surface area contributed by atoms with Crippen LogP contribution in [-0.4, -0.2) is 29.6 Å². The van der Waals surface area contributed by atoms with Gasteiger partial charge in [0.2, 0.25) is 0 Å². The average Bonchev–Trinajstić information content (AvgIpc) is 2.03. The molecule has 0 aromatic heterocycles. The van der Waals surface area contributed by atoms with Crippen LogP contribution in [0.15, 0.2) is 0 Å². The Morgan fingerprint density at radius 2 is 1.85 bits per heavy atom. The summed E-state index contributed by atoms with van der Waals surface area (Å²) in [6, 6.07) is 0. The standard InChI is InChI=1S/C10H18FNO/c1-8-4-6-12(7-5-8)9(13)10(2,3)11/h8H,4-7H2,1-3H3. The molecule has 2 nitrogen and oxygen atoms in total. The normalized spacial score (nSPS) is 20.5. The molecule has 1 amide bonds. The van der Waals surface area contributed by atoms with Gasteiger partial charge in [0.1, 0.15) is 0 Å². The van der Waals surface area contributed by atoms with Crippen LogP contribution in [0.3, 0.4) is 0 Å². The molecule has 0 atom stereocenters. The number of hydrogen-bond acceptors (Lipinski definition) is 1. The molecule has 0 N–H and O–H groups in total. The predicted molar refractivity (Wildman–Crippen MR) is 50.2 cm³/mol. The second-order valence-corrected chi connectivity index (χ2v) is 4.45. The lowest BCUT2D eigenvalue weighted by atomic mass is 9.98. The van der Waals surface area contributed by atoms with Gasteiger partial charge in [0.25, 0.3) is 5.91 Å². The molecule has 0 bridgehead atoms. The number of carbonyl (C=O) groups is 1. The minimum Gasteiger partial charge on any atom is -0.340 e. The third-order valence-electron chi connectivity index (χ3n) is 2.58. The molecule has 1 aliphatic rings. The third-order valence-corrected chi connectivity index (χ3v) is 2.58. The van der Waals surface area contributed by atoms with Gasteiger partial charge in [0.05, 0.1) is 0 Å². The van der Waals surface area contributed by atoms with Crippen molar-refractivity contribution in [3.05, 3.63) is 0 Å². The van der Waals surface area contributed by atoms with Crippen molar-refractivity contribution in [3.63, 3.8) is 0 Å². The molecule has 76 valence electrons. The highest BCUT2D eigenvalue weighted by atomic mass is 19.1. The number of hydrogen-bond donors (Lipinski definition) is 0. The van der Waals surface area contributed by atoms with E-state index in [1.807, 2.05) is 0 Å². The molecule has 1 fully saturated rings. The summed E-state index contributed by atoms with van der Waals surface area (Å²) < 4.78 is 13.3. The van der Waals surface area contributed by atoms with Crippen LogP contribution in [-0.2, 0) is 4.79 Å². The van der Waals surface area contributed by atoms with Crippen LogP contribution in [0.25, 0.3) is 0 Å². The van der Waals surface area contributed by atoms with Crippen molar-refractivity contribution in [2.45, 2.75) is 39.3 Å². The lowest BCUT2D eigenvalue weighted by Gasteiger charge is -2.33. The van der Waals surface area contributed by atoms with Crippen molar-refractivity contribution < 1.29 is 9.18 Å². The summed E-state index contributed by atoms with van der Waals surface area (Å²) in [7, 11) is 0. The van der Waals surface area contributed by atoms with E-state index in [1.54, 1.807) is 4.90 Å². The van der Waals surface area contributed by atoms with E-state index in [9.17, 15) is 9.18 Å². The molecule has 0 unspecified atom stereocenters. The number of alkyl halides is 1. The maximum atomic E-state index is 13.3. The van der Waals surface area contributed by atoms with Gasteiger partial charge in [-0.3, -0.25) is 4.79 Å². The molecule has 0 saturated carbocycles. The summed E-state index contributed by atoms with van der Waals surface area (Å²) in [5, 5.41) is 0. The molecule has 13 heavy (non-hydrogen) atoms. The van der Waals surface area contributed by atoms with E-state index in [-0.39, 0.29) is 5.91 Å². The Balaban J connectivity index is 2.50. The van der Waals surface area contributed by atoms with E-state index >= 15 is 0 Å². The van der Waals surface area contributed by atoms with Gasteiger partial charge in [-0.15, -0.1) is 0 Å². The quantitative estimate of drug-likeness (QED) is 0.614. The summed E-state index contributed by atoms with van der Waals surface area (Å²) in [5.74, 6) is 0.311. The first-order valence-electron chi connectivity index (χ1n) is 4.89. The van der Waals surface area contributed by atoms with Crippen molar-refractivity contribution >= 4 is 5.91 Å². The zero-order valence-electron chi connectivity index (χ0n) is 8.64. The largest absolute Gasteiger partial charge is 0.340 e. The van der Waals surface area contributed by atoms with Crippen molar-refractivity contribution in [1.82, 2.24) is 4.90 Å². The highest BCUT2D eigenvalue weighted by molar-refractivity contribution is 5.84. The fourth-order valence-electron chi connectivity index (χ4n) is 1.59. The van der Waals surface area contributed by atoms with Crippen LogP contribution >= 0.6 is 0 Å². The SMILES string of the molecule is CC1CCN(C(=O)C(C)(C)F)CC1. The van der Waals surface area contributed by atoms with E-state index in [0.717, 1.165) is 12.8 Å². The Labute approximate surface area is 79.1 Å². The molecule has 0 spiro atoms. The molecular weight excluding hydrogens is 169 g/mol. The summed E-state index contributed by atoms with van der Waals surface area (Å²) in [6.07, 6.45) is 2.00. The molecule has 0 aliphatic carbocycles. The maximum absolute atomic E-state index is 13.3. The molecule has 1 rings (SSSR count). The minimum atomic E-state index is -1.71. The van der Waals surface area contributed by atoms with E-state index in [2.05, 4.69) is 6.92 Å². The summed E-state index contributed by atoms with van der Waals surface area (Å²) in [5.41, 5.74) is -1.71. The molecular formula is C10H18FNO. The van der Waals surface area contributed by atoms with E-state index < -0.39 is 5.67 Å². The Kier molecular flexibility index (Phi) is 2.94. The summed E-state index contributed by atoms with van der Waals surface area (Å²) in [4.78, 5) is 13.1. The van der Waals surface area contributed by atoms with Gasteiger partial charge in [-0.1, -0.05) is 6.92 Å². The number of rotatable bonds is 1. The molecule has 0 aromatic rings. The van der Waals surface area contributed by atoms with Gasteiger partial charge >= 0.3 is 0 Å². The molecule has 0 aromatic carbocycles.